The zero-order valence-electron chi connectivity index (χ0n) is 26.6. The van der Waals surface area contributed by atoms with E-state index in [9.17, 15) is 24.3 Å². The number of aliphatic hydroxyl groups excluding tert-OH is 1. The van der Waals surface area contributed by atoms with Gasteiger partial charge < -0.3 is 33.5 Å². The second-order valence-corrected chi connectivity index (χ2v) is 13.8. The van der Waals surface area contributed by atoms with Crippen molar-refractivity contribution >= 4 is 23.9 Å². The summed E-state index contributed by atoms with van der Waals surface area (Å²) in [4.78, 5) is 50.7. The molecule has 44 heavy (non-hydrogen) atoms. The van der Waals surface area contributed by atoms with Gasteiger partial charge in [-0.25, -0.2) is 4.79 Å². The van der Waals surface area contributed by atoms with Gasteiger partial charge in [-0.3, -0.25) is 14.4 Å². The molecule has 4 aliphatic rings. The fourth-order valence-corrected chi connectivity index (χ4v) is 8.03. The summed E-state index contributed by atoms with van der Waals surface area (Å²) >= 11 is 0. The summed E-state index contributed by atoms with van der Waals surface area (Å²) in [5.74, 6) is -3.54. The quantitative estimate of drug-likeness (QED) is 0.295. The smallest absolute Gasteiger partial charge is 0.338 e. The number of carbonyl (C=O) groups is 4. The fraction of sp³-hybridized carbons (Fsp3) is 0.697. The van der Waals surface area contributed by atoms with Crippen LogP contribution >= 0.6 is 0 Å². The lowest BCUT2D eigenvalue weighted by Crippen LogP contribution is -2.53. The summed E-state index contributed by atoms with van der Waals surface area (Å²) in [5, 5.41) is 12.0. The molecule has 4 fully saturated rings. The number of rotatable bonds is 5. The van der Waals surface area contributed by atoms with Gasteiger partial charge >= 0.3 is 23.9 Å². The highest BCUT2D eigenvalue weighted by molar-refractivity contribution is 5.89. The van der Waals surface area contributed by atoms with Crippen LogP contribution in [0.3, 0.4) is 0 Å². The van der Waals surface area contributed by atoms with E-state index in [2.05, 4.69) is 0 Å². The Morgan fingerprint density at radius 2 is 1.43 bits per heavy atom. The van der Waals surface area contributed by atoms with E-state index in [1.54, 1.807) is 51.1 Å². The molecule has 3 aliphatic heterocycles. The molecule has 12 atom stereocenters. The van der Waals surface area contributed by atoms with Crippen molar-refractivity contribution in [1.29, 1.82) is 0 Å². The minimum atomic E-state index is -1.21. The van der Waals surface area contributed by atoms with E-state index in [1.165, 1.54) is 20.8 Å². The highest BCUT2D eigenvalue weighted by atomic mass is 16.7. The van der Waals surface area contributed by atoms with Gasteiger partial charge in [0.25, 0.3) is 0 Å². The highest BCUT2D eigenvalue weighted by Gasteiger charge is 2.77. The largest absolute Gasteiger partial charge is 0.462 e. The van der Waals surface area contributed by atoms with Crippen LogP contribution in [0.5, 0.6) is 0 Å². The van der Waals surface area contributed by atoms with Gasteiger partial charge in [0.2, 0.25) is 0 Å². The predicted molar refractivity (Wildman–Crippen MR) is 154 cm³/mol. The van der Waals surface area contributed by atoms with Crippen molar-refractivity contribution in [3.8, 4) is 0 Å². The van der Waals surface area contributed by atoms with Crippen LogP contribution < -0.4 is 0 Å². The van der Waals surface area contributed by atoms with Crippen LogP contribution in [0.25, 0.3) is 0 Å². The highest BCUT2D eigenvalue weighted by Crippen LogP contribution is 2.63. The summed E-state index contributed by atoms with van der Waals surface area (Å²) in [6.07, 6.45) is -5.65. The molecular weight excluding hydrogens is 572 g/mol. The Kier molecular flexibility index (Phi) is 8.39. The lowest BCUT2D eigenvalue weighted by Gasteiger charge is -2.42. The molecule has 0 radical (unpaired) electrons. The number of benzene rings is 1. The lowest BCUT2D eigenvalue weighted by molar-refractivity contribution is -0.190. The van der Waals surface area contributed by atoms with Crippen molar-refractivity contribution in [2.45, 2.75) is 122 Å². The fourth-order valence-electron chi connectivity index (χ4n) is 8.03. The molecule has 5 rings (SSSR count). The first-order valence-electron chi connectivity index (χ1n) is 15.3. The van der Waals surface area contributed by atoms with Crippen molar-refractivity contribution in [1.82, 2.24) is 0 Å². The predicted octanol–water partition coefficient (Wildman–Crippen LogP) is 3.39. The zero-order chi connectivity index (χ0) is 32.4. The van der Waals surface area contributed by atoms with Crippen LogP contribution in [-0.2, 0) is 42.8 Å². The minimum absolute atomic E-state index is 0.0500. The molecule has 1 aromatic rings. The zero-order valence-corrected chi connectivity index (χ0v) is 26.6. The molecule has 2 bridgehead atoms. The van der Waals surface area contributed by atoms with Gasteiger partial charge in [0.05, 0.1) is 23.7 Å². The Morgan fingerprint density at radius 3 is 2.02 bits per heavy atom. The molecular formula is C33H44O11. The van der Waals surface area contributed by atoms with Crippen molar-refractivity contribution in [3.05, 3.63) is 35.9 Å². The van der Waals surface area contributed by atoms with Crippen molar-refractivity contribution in [2.24, 2.45) is 23.2 Å². The molecule has 11 nitrogen and oxygen atoms in total. The normalized spacial score (nSPS) is 42.1. The molecule has 1 aromatic carbocycles. The molecule has 11 heteroatoms. The Balaban J connectivity index is 1.66. The molecule has 242 valence electrons. The van der Waals surface area contributed by atoms with Gasteiger partial charge in [-0.2, -0.15) is 0 Å². The van der Waals surface area contributed by atoms with Crippen LogP contribution in [-0.4, -0.2) is 82.9 Å². The maximum absolute atomic E-state index is 13.4. The van der Waals surface area contributed by atoms with Gasteiger partial charge in [-0.15, -0.1) is 0 Å². The van der Waals surface area contributed by atoms with Crippen molar-refractivity contribution in [3.63, 3.8) is 0 Å². The summed E-state index contributed by atoms with van der Waals surface area (Å²) in [6, 6.07) is 8.64. The molecule has 3 heterocycles. The third-order valence-corrected chi connectivity index (χ3v) is 10.3. The minimum Gasteiger partial charge on any atom is -0.462 e. The van der Waals surface area contributed by atoms with Crippen LogP contribution in [0, 0.1) is 23.2 Å². The Hall–Kier alpha value is -3.02. The second kappa shape index (κ2) is 11.4. The number of esters is 4. The van der Waals surface area contributed by atoms with Gasteiger partial charge in [0.15, 0.2) is 0 Å². The topological polar surface area (TPSA) is 147 Å². The van der Waals surface area contributed by atoms with Crippen molar-refractivity contribution < 1.29 is 52.7 Å². The summed E-state index contributed by atoms with van der Waals surface area (Å²) < 4.78 is 37.3. The van der Waals surface area contributed by atoms with Gasteiger partial charge in [0.1, 0.15) is 41.7 Å². The molecule has 1 spiro atoms. The monoisotopic (exact) mass is 616 g/mol. The van der Waals surface area contributed by atoms with Gasteiger partial charge in [-0.1, -0.05) is 45.9 Å². The first-order valence-corrected chi connectivity index (χ1v) is 15.3. The molecule has 1 aliphatic carbocycles. The average molecular weight is 617 g/mol. The first kappa shape index (κ1) is 32.4. The van der Waals surface area contributed by atoms with E-state index >= 15 is 0 Å². The van der Waals surface area contributed by atoms with Crippen LogP contribution in [0.1, 0.15) is 78.6 Å². The molecule has 1 saturated carbocycles. The van der Waals surface area contributed by atoms with Crippen LogP contribution in [0.4, 0.5) is 0 Å². The van der Waals surface area contributed by atoms with E-state index < -0.39 is 95.1 Å². The SMILES string of the molecule is CC(=O)OC1CC(OC(C)=O)C2(C)OC2C2C(OC(=O)c3ccccc3)C(C)CC23OC(C(C)C3OC(C)=O)C(O)C1(C)C. The van der Waals surface area contributed by atoms with E-state index in [0.717, 1.165) is 0 Å². The maximum atomic E-state index is 13.4. The van der Waals surface area contributed by atoms with Gasteiger partial charge in [-0.05, 0) is 31.4 Å². The van der Waals surface area contributed by atoms with Crippen LogP contribution in [0.15, 0.2) is 30.3 Å². The standard InChI is InChI=1S/C33H44O11/c1-16-15-33-24(25(16)42-30(38)21-12-10-9-11-13-21)29-32(8,44-29)23(40-19(4)35)14-22(39-18(3)34)31(6,7)27(37)26(43-33)17(2)28(33)41-20(5)36/h9-13,16-17,22-29,37H,14-15H2,1-8H3. The summed E-state index contributed by atoms with van der Waals surface area (Å²) in [5.41, 5.74) is -3.02. The number of carbonyl (C=O) groups excluding carboxylic acids is 4. The van der Waals surface area contributed by atoms with E-state index in [1.807, 2.05) is 13.8 Å². The Labute approximate surface area is 257 Å². The third kappa shape index (κ3) is 5.41. The molecule has 0 amide bonds. The third-order valence-electron chi connectivity index (χ3n) is 10.3. The molecule has 0 aromatic heterocycles. The Bertz CT molecular complexity index is 1300. The van der Waals surface area contributed by atoms with Gasteiger partial charge in [0, 0.05) is 38.5 Å². The number of fused-ring (bicyclic) bond motifs is 3. The molecule has 3 saturated heterocycles. The summed E-state index contributed by atoms with van der Waals surface area (Å²) in [7, 11) is 0. The lowest BCUT2D eigenvalue weighted by atomic mass is 9.70. The maximum Gasteiger partial charge on any atom is 0.338 e. The number of epoxide rings is 1. The second-order valence-electron chi connectivity index (χ2n) is 13.8. The molecule has 1 N–H and O–H groups in total. The average Bonchev–Trinajstić information content (AvgIpc) is 3.45. The van der Waals surface area contributed by atoms with Crippen LogP contribution in [0.2, 0.25) is 0 Å². The van der Waals surface area contributed by atoms with E-state index in [-0.39, 0.29) is 12.3 Å². The Morgan fingerprint density at radius 1 is 0.841 bits per heavy atom. The number of ether oxygens (including phenoxy) is 6. The number of aliphatic hydroxyl groups is 1. The summed E-state index contributed by atoms with van der Waals surface area (Å²) in [6.45, 7) is 13.0. The number of hydrogen-bond acceptors (Lipinski definition) is 11. The van der Waals surface area contributed by atoms with E-state index in [4.69, 9.17) is 28.4 Å². The van der Waals surface area contributed by atoms with E-state index in [0.29, 0.717) is 12.0 Å². The molecule has 12 unspecified atom stereocenters. The number of hydrogen-bond donors (Lipinski definition) is 1. The first-order chi connectivity index (χ1) is 20.5. The van der Waals surface area contributed by atoms with Crippen molar-refractivity contribution in [2.75, 3.05) is 0 Å².